The molecule has 2 aromatic carbocycles. The molecule has 0 amide bonds. The van der Waals surface area contributed by atoms with Gasteiger partial charge in [-0.1, -0.05) is 41.6 Å². The molecule has 0 saturated heterocycles. The van der Waals surface area contributed by atoms with Gasteiger partial charge in [0, 0.05) is 10.6 Å². The second kappa shape index (κ2) is 7.65. The van der Waals surface area contributed by atoms with Gasteiger partial charge in [0.05, 0.1) is 0 Å². The number of benzene rings is 2. The summed E-state index contributed by atoms with van der Waals surface area (Å²) in [6, 6.07) is 13.6. The molecule has 8 heteroatoms. The van der Waals surface area contributed by atoms with E-state index in [1.165, 1.54) is 23.9 Å². The third-order valence-corrected chi connectivity index (χ3v) is 5.07. The quantitative estimate of drug-likeness (QED) is 0.369. The highest BCUT2D eigenvalue weighted by atomic mass is 32.2. The van der Waals surface area contributed by atoms with E-state index in [-0.39, 0.29) is 17.3 Å². The van der Waals surface area contributed by atoms with Crippen molar-refractivity contribution in [1.82, 2.24) is 14.8 Å². The number of aromatic nitrogens is 3. The molecule has 3 aromatic rings. The molecular weight excluding hydrogens is 355 g/mol. The Balaban J connectivity index is 1.95. The smallest absolute Gasteiger partial charge is 0.220 e. The summed E-state index contributed by atoms with van der Waals surface area (Å²) in [5.41, 5.74) is 2.65. The zero-order chi connectivity index (χ0) is 18.7. The molecule has 0 aliphatic rings. The van der Waals surface area contributed by atoms with Gasteiger partial charge < -0.3 is 0 Å². The molecule has 134 valence electrons. The first-order chi connectivity index (χ1) is 12.4. The second-order valence-corrected chi connectivity index (χ2v) is 7.04. The number of aryl methyl sites for hydroxylation is 2. The molecule has 6 nitrogen and oxygen atoms in total. The van der Waals surface area contributed by atoms with Crippen molar-refractivity contribution in [2.45, 2.75) is 24.3 Å². The number of hydrogen-bond acceptors (Lipinski definition) is 5. The van der Waals surface area contributed by atoms with Gasteiger partial charge in [0.2, 0.25) is 6.54 Å². The number of nitro groups is 1. The Labute approximate surface area is 154 Å². The minimum absolute atomic E-state index is 0.233. The summed E-state index contributed by atoms with van der Waals surface area (Å²) in [5, 5.41) is 19.5. The number of thioether (sulfide) groups is 1. The zero-order valence-corrected chi connectivity index (χ0v) is 15.1. The molecule has 0 bridgehead atoms. The van der Waals surface area contributed by atoms with E-state index >= 15 is 0 Å². The van der Waals surface area contributed by atoms with Crippen LogP contribution in [0.1, 0.15) is 22.2 Å². The summed E-state index contributed by atoms with van der Waals surface area (Å²) >= 11 is 1.28. The molecule has 1 aromatic heterocycles. The monoisotopic (exact) mass is 372 g/mol. The fourth-order valence-electron chi connectivity index (χ4n) is 2.56. The van der Waals surface area contributed by atoms with Gasteiger partial charge in [-0.2, -0.15) is 0 Å². The van der Waals surface area contributed by atoms with Gasteiger partial charge in [-0.3, -0.25) is 14.7 Å². The van der Waals surface area contributed by atoms with Crippen LogP contribution in [0.4, 0.5) is 4.39 Å². The highest BCUT2D eigenvalue weighted by molar-refractivity contribution is 7.99. The Morgan fingerprint density at radius 1 is 1.12 bits per heavy atom. The van der Waals surface area contributed by atoms with Gasteiger partial charge in [-0.25, -0.2) is 4.39 Å². The molecule has 1 heterocycles. The van der Waals surface area contributed by atoms with Crippen LogP contribution in [0.5, 0.6) is 0 Å². The molecule has 3 rings (SSSR count). The molecule has 0 radical (unpaired) electrons. The van der Waals surface area contributed by atoms with Crippen LogP contribution in [0, 0.1) is 29.8 Å². The van der Waals surface area contributed by atoms with Crippen molar-refractivity contribution < 1.29 is 9.31 Å². The first-order valence-electron chi connectivity index (χ1n) is 7.97. The molecule has 0 N–H and O–H groups in total. The van der Waals surface area contributed by atoms with Crippen molar-refractivity contribution in [2.24, 2.45) is 0 Å². The predicted octanol–water partition coefficient (Wildman–Crippen LogP) is 4.13. The molecule has 0 aliphatic heterocycles. The highest BCUT2D eigenvalue weighted by Crippen LogP contribution is 2.36. The minimum Gasteiger partial charge on any atom is -0.274 e. The lowest BCUT2D eigenvalue weighted by Crippen LogP contribution is -2.11. The maximum atomic E-state index is 13.2. The maximum absolute atomic E-state index is 13.2. The Hall–Kier alpha value is -2.74. The topological polar surface area (TPSA) is 73.8 Å². The van der Waals surface area contributed by atoms with Gasteiger partial charge in [0.1, 0.15) is 16.9 Å². The number of hydrogen-bond donors (Lipinski definition) is 0. The lowest BCUT2D eigenvalue weighted by molar-refractivity contribution is -0.479. The molecular formula is C18H17FN4O2S. The Kier molecular flexibility index (Phi) is 5.32. The summed E-state index contributed by atoms with van der Waals surface area (Å²) in [6.07, 6.45) is 0. The Morgan fingerprint density at radius 3 is 2.38 bits per heavy atom. The van der Waals surface area contributed by atoms with Crippen molar-refractivity contribution in [3.05, 3.63) is 81.4 Å². The van der Waals surface area contributed by atoms with E-state index in [1.807, 2.05) is 31.2 Å². The van der Waals surface area contributed by atoms with Gasteiger partial charge in [-0.15, -0.1) is 10.2 Å². The van der Waals surface area contributed by atoms with E-state index in [0.717, 1.165) is 11.1 Å². The normalized spacial score (nSPS) is 12.1. The van der Waals surface area contributed by atoms with E-state index < -0.39 is 5.25 Å². The van der Waals surface area contributed by atoms with Crippen LogP contribution in [0.15, 0.2) is 53.7 Å². The first-order valence-corrected chi connectivity index (χ1v) is 8.85. The number of rotatable bonds is 6. The van der Waals surface area contributed by atoms with Crippen LogP contribution in [0.2, 0.25) is 0 Å². The van der Waals surface area contributed by atoms with E-state index in [9.17, 15) is 14.5 Å². The van der Waals surface area contributed by atoms with Crippen molar-refractivity contribution in [3.8, 4) is 5.69 Å². The van der Waals surface area contributed by atoms with Crippen molar-refractivity contribution in [2.75, 3.05) is 6.54 Å². The number of halogens is 1. The van der Waals surface area contributed by atoms with Crippen LogP contribution in [-0.2, 0) is 0 Å². The van der Waals surface area contributed by atoms with Gasteiger partial charge in [0.25, 0.3) is 0 Å². The van der Waals surface area contributed by atoms with E-state index in [4.69, 9.17) is 0 Å². The van der Waals surface area contributed by atoms with Crippen LogP contribution in [0.25, 0.3) is 5.69 Å². The van der Waals surface area contributed by atoms with Crippen molar-refractivity contribution >= 4 is 11.8 Å². The van der Waals surface area contributed by atoms with E-state index in [0.29, 0.717) is 16.7 Å². The largest absolute Gasteiger partial charge is 0.274 e. The highest BCUT2D eigenvalue weighted by Gasteiger charge is 2.23. The zero-order valence-electron chi connectivity index (χ0n) is 14.3. The van der Waals surface area contributed by atoms with Gasteiger partial charge in [-0.05, 0) is 43.7 Å². The van der Waals surface area contributed by atoms with Gasteiger partial charge >= 0.3 is 0 Å². The summed E-state index contributed by atoms with van der Waals surface area (Å²) in [6.45, 7) is 3.52. The van der Waals surface area contributed by atoms with Gasteiger partial charge in [0.15, 0.2) is 5.16 Å². The second-order valence-electron chi connectivity index (χ2n) is 5.87. The average Bonchev–Trinajstić information content (AvgIpc) is 2.96. The molecule has 0 unspecified atom stereocenters. The summed E-state index contributed by atoms with van der Waals surface area (Å²) in [5.74, 6) is 0.294. The SMILES string of the molecule is Cc1ccc([C@@H](C[N+](=O)[O-])Sc2nnc(C)n2-c2ccc(F)cc2)cc1. The van der Waals surface area contributed by atoms with E-state index in [2.05, 4.69) is 10.2 Å². The lowest BCUT2D eigenvalue weighted by Gasteiger charge is -2.14. The lowest BCUT2D eigenvalue weighted by atomic mass is 10.1. The average molecular weight is 372 g/mol. The summed E-state index contributed by atoms with van der Waals surface area (Å²) in [7, 11) is 0. The van der Waals surface area contributed by atoms with Crippen molar-refractivity contribution in [1.29, 1.82) is 0 Å². The molecule has 0 fully saturated rings. The molecule has 0 saturated carbocycles. The standard InChI is InChI=1S/C18H17FN4O2S/c1-12-3-5-14(6-4-12)17(11-22(24)25)26-18-21-20-13(2)23(18)16-9-7-15(19)8-10-16/h3-10,17H,11H2,1-2H3/t17-/m1/s1. The summed E-state index contributed by atoms with van der Waals surface area (Å²) in [4.78, 5) is 10.8. The molecule has 0 aliphatic carbocycles. The fourth-order valence-corrected chi connectivity index (χ4v) is 3.74. The number of nitrogens with zero attached hydrogens (tertiary/aromatic N) is 4. The third kappa shape index (κ3) is 4.08. The van der Waals surface area contributed by atoms with Crippen molar-refractivity contribution in [3.63, 3.8) is 0 Å². The minimum atomic E-state index is -0.409. The Morgan fingerprint density at radius 2 is 1.77 bits per heavy atom. The van der Waals surface area contributed by atoms with E-state index in [1.54, 1.807) is 23.6 Å². The molecule has 26 heavy (non-hydrogen) atoms. The van der Waals surface area contributed by atoms with Crippen LogP contribution in [-0.4, -0.2) is 26.2 Å². The Bertz CT molecular complexity index is 910. The van der Waals surface area contributed by atoms with Crippen LogP contribution in [0.3, 0.4) is 0 Å². The predicted molar refractivity (Wildman–Crippen MR) is 97.7 cm³/mol. The molecule has 1 atom stereocenters. The molecule has 0 spiro atoms. The fraction of sp³-hybridized carbons (Fsp3) is 0.222. The van der Waals surface area contributed by atoms with Crippen LogP contribution >= 0.6 is 11.8 Å². The first kappa shape index (κ1) is 18.1. The summed E-state index contributed by atoms with van der Waals surface area (Å²) < 4.78 is 15.0. The third-order valence-electron chi connectivity index (χ3n) is 3.89. The van der Waals surface area contributed by atoms with Crippen LogP contribution < -0.4 is 0 Å². The maximum Gasteiger partial charge on any atom is 0.220 e.